The van der Waals surface area contributed by atoms with Gasteiger partial charge in [0.05, 0.1) is 7.11 Å². The van der Waals surface area contributed by atoms with Gasteiger partial charge in [-0.3, -0.25) is 4.79 Å². The highest BCUT2D eigenvalue weighted by Crippen LogP contribution is 2.37. The molecule has 0 spiro atoms. The number of hydrogen-bond donors (Lipinski definition) is 2. The van der Waals surface area contributed by atoms with Gasteiger partial charge >= 0.3 is 0 Å². The predicted octanol–water partition coefficient (Wildman–Crippen LogP) is 3.19. The van der Waals surface area contributed by atoms with Crippen LogP contribution >= 0.6 is 0 Å². The van der Waals surface area contributed by atoms with Gasteiger partial charge in [0.2, 0.25) is 0 Å². The van der Waals surface area contributed by atoms with Crippen molar-refractivity contribution in [2.45, 2.75) is 6.92 Å². The Morgan fingerprint density at radius 3 is 2.41 bits per heavy atom. The average Bonchev–Trinajstić information content (AvgIpc) is 2.47. The molecule has 0 aliphatic rings. The van der Waals surface area contributed by atoms with Crippen molar-refractivity contribution in [3.05, 3.63) is 52.2 Å². The second-order valence-electron chi connectivity index (χ2n) is 4.97. The van der Waals surface area contributed by atoms with Gasteiger partial charge in [0.25, 0.3) is 0 Å². The fourth-order valence-corrected chi connectivity index (χ4v) is 2.43. The number of phenolic OH excluding ortho intramolecular Hbond substituents is 2. The number of benzene rings is 2. The number of methoxy groups -OCH3 is 1. The Morgan fingerprint density at radius 2 is 1.77 bits per heavy atom. The summed E-state index contributed by atoms with van der Waals surface area (Å²) in [6.45, 7) is 1.76. The summed E-state index contributed by atoms with van der Waals surface area (Å²) in [5.41, 5.74) is 1.25. The first-order chi connectivity index (χ1) is 10.5. The lowest BCUT2D eigenvalue weighted by Gasteiger charge is -2.10. The van der Waals surface area contributed by atoms with Crippen LogP contribution in [0, 0.1) is 6.92 Å². The van der Waals surface area contributed by atoms with Crippen molar-refractivity contribution in [3.63, 3.8) is 0 Å². The number of aromatic hydroxyl groups is 2. The van der Waals surface area contributed by atoms with Crippen LogP contribution < -0.4 is 10.2 Å². The Balaban J connectivity index is 2.29. The second kappa shape index (κ2) is 5.11. The predicted molar refractivity (Wildman–Crippen MR) is 82.5 cm³/mol. The zero-order chi connectivity index (χ0) is 15.9. The minimum atomic E-state index is -0.361. The molecule has 0 fully saturated rings. The van der Waals surface area contributed by atoms with Crippen LogP contribution in [0.15, 0.2) is 45.6 Å². The average molecular weight is 298 g/mol. The van der Waals surface area contributed by atoms with E-state index in [0.29, 0.717) is 16.9 Å². The van der Waals surface area contributed by atoms with Crippen LogP contribution in [0.1, 0.15) is 5.56 Å². The van der Waals surface area contributed by atoms with Crippen molar-refractivity contribution < 1.29 is 19.4 Å². The van der Waals surface area contributed by atoms with Gasteiger partial charge in [0.15, 0.2) is 16.9 Å². The number of hydrogen-bond acceptors (Lipinski definition) is 5. The van der Waals surface area contributed by atoms with E-state index in [9.17, 15) is 15.0 Å². The molecule has 0 bridgehead atoms. The molecule has 2 N–H and O–H groups in total. The fourth-order valence-electron chi connectivity index (χ4n) is 2.43. The normalized spacial score (nSPS) is 10.8. The summed E-state index contributed by atoms with van der Waals surface area (Å²) in [5, 5.41) is 19.6. The molecule has 3 aromatic rings. The Bertz CT molecular complexity index is 907. The van der Waals surface area contributed by atoms with Crippen molar-refractivity contribution in [1.29, 1.82) is 0 Å². The van der Waals surface area contributed by atoms with Crippen molar-refractivity contribution in [1.82, 2.24) is 0 Å². The first-order valence-corrected chi connectivity index (χ1v) is 6.65. The monoisotopic (exact) mass is 298 g/mol. The van der Waals surface area contributed by atoms with Gasteiger partial charge in [-0.1, -0.05) is 0 Å². The molecule has 0 amide bonds. The molecule has 2 aromatic carbocycles. The molecule has 22 heavy (non-hydrogen) atoms. The van der Waals surface area contributed by atoms with Crippen LogP contribution in [0.4, 0.5) is 0 Å². The lowest BCUT2D eigenvalue weighted by Crippen LogP contribution is -2.02. The quantitative estimate of drug-likeness (QED) is 0.759. The maximum absolute atomic E-state index is 12.3. The third-order valence-corrected chi connectivity index (χ3v) is 3.49. The highest BCUT2D eigenvalue weighted by Gasteiger charge is 2.16. The topological polar surface area (TPSA) is 79.9 Å². The molecule has 0 unspecified atom stereocenters. The van der Waals surface area contributed by atoms with Gasteiger partial charge in [-0.05, 0) is 42.8 Å². The molecule has 5 nitrogen and oxygen atoms in total. The zero-order valence-corrected chi connectivity index (χ0v) is 12.1. The molecular weight excluding hydrogens is 284 g/mol. The molecule has 0 aliphatic heterocycles. The number of aryl methyl sites for hydroxylation is 1. The lowest BCUT2D eigenvalue weighted by atomic mass is 10.1. The Hall–Kier alpha value is -2.95. The van der Waals surface area contributed by atoms with Gasteiger partial charge in [0, 0.05) is 11.6 Å². The van der Waals surface area contributed by atoms with E-state index in [2.05, 4.69) is 0 Å². The van der Waals surface area contributed by atoms with Gasteiger partial charge in [-0.2, -0.15) is 0 Å². The zero-order valence-electron chi connectivity index (χ0n) is 12.1. The van der Waals surface area contributed by atoms with E-state index in [1.54, 1.807) is 25.1 Å². The molecule has 5 heteroatoms. The van der Waals surface area contributed by atoms with E-state index >= 15 is 0 Å². The fraction of sp³-hybridized carbons (Fsp3) is 0.118. The van der Waals surface area contributed by atoms with Crippen LogP contribution in [0.2, 0.25) is 0 Å². The first-order valence-electron chi connectivity index (χ1n) is 6.65. The summed E-state index contributed by atoms with van der Waals surface area (Å²) >= 11 is 0. The van der Waals surface area contributed by atoms with Crippen molar-refractivity contribution in [2.24, 2.45) is 0 Å². The second-order valence-corrected chi connectivity index (χ2v) is 4.97. The maximum atomic E-state index is 12.3. The Kier molecular flexibility index (Phi) is 3.25. The summed E-state index contributed by atoms with van der Waals surface area (Å²) in [6.07, 6.45) is 0. The first kappa shape index (κ1) is 14.0. The standard InChI is InChI=1S/C17H14O5/c1-9-7-14-15(16(20)17(9)21-2)12(19)8-13(22-14)10-3-5-11(18)6-4-10/h3-8,18,20H,1-2H3. The summed E-state index contributed by atoms with van der Waals surface area (Å²) in [5.74, 6) is 0.535. The number of rotatable bonds is 2. The van der Waals surface area contributed by atoms with Crippen LogP contribution in [0.5, 0.6) is 17.2 Å². The van der Waals surface area contributed by atoms with Crippen LogP contribution in [-0.4, -0.2) is 17.3 Å². The molecule has 0 saturated heterocycles. The van der Waals surface area contributed by atoms with Crippen molar-refractivity contribution >= 4 is 11.0 Å². The van der Waals surface area contributed by atoms with Crippen LogP contribution in [-0.2, 0) is 0 Å². The Morgan fingerprint density at radius 1 is 1.09 bits per heavy atom. The molecule has 0 atom stereocenters. The van der Waals surface area contributed by atoms with Crippen molar-refractivity contribution in [3.8, 4) is 28.6 Å². The lowest BCUT2D eigenvalue weighted by molar-refractivity contribution is 0.373. The maximum Gasteiger partial charge on any atom is 0.197 e. The van der Waals surface area contributed by atoms with Gasteiger partial charge < -0.3 is 19.4 Å². The van der Waals surface area contributed by atoms with Crippen molar-refractivity contribution in [2.75, 3.05) is 7.11 Å². The SMILES string of the molecule is COc1c(C)cc2oc(-c3ccc(O)cc3)cc(=O)c2c1O. The smallest absolute Gasteiger partial charge is 0.197 e. The number of phenols is 2. The minimum Gasteiger partial charge on any atom is -0.508 e. The number of ether oxygens (including phenoxy) is 1. The summed E-state index contributed by atoms with van der Waals surface area (Å²) < 4.78 is 10.8. The summed E-state index contributed by atoms with van der Waals surface area (Å²) in [6, 6.07) is 9.28. The minimum absolute atomic E-state index is 0.0879. The Labute approximate surface area is 126 Å². The van der Waals surface area contributed by atoms with E-state index in [1.165, 1.54) is 25.3 Å². The molecule has 1 heterocycles. The molecular formula is C17H14O5. The molecule has 112 valence electrons. The van der Waals surface area contributed by atoms with E-state index in [1.807, 2.05) is 0 Å². The third kappa shape index (κ3) is 2.16. The van der Waals surface area contributed by atoms with Gasteiger partial charge in [-0.25, -0.2) is 0 Å². The molecule has 0 radical (unpaired) electrons. The van der Waals surface area contributed by atoms with Crippen LogP contribution in [0.25, 0.3) is 22.3 Å². The molecule has 0 saturated carbocycles. The van der Waals surface area contributed by atoms with Gasteiger partial charge in [-0.15, -0.1) is 0 Å². The van der Waals surface area contributed by atoms with E-state index in [0.717, 1.165) is 0 Å². The van der Waals surface area contributed by atoms with E-state index in [4.69, 9.17) is 9.15 Å². The molecule has 3 rings (SSSR count). The highest BCUT2D eigenvalue weighted by molar-refractivity contribution is 5.88. The van der Waals surface area contributed by atoms with Crippen LogP contribution in [0.3, 0.4) is 0 Å². The summed E-state index contributed by atoms with van der Waals surface area (Å²) in [4.78, 5) is 12.3. The van der Waals surface area contributed by atoms with Gasteiger partial charge in [0.1, 0.15) is 22.5 Å². The third-order valence-electron chi connectivity index (χ3n) is 3.49. The summed E-state index contributed by atoms with van der Waals surface area (Å²) in [7, 11) is 1.43. The molecule has 0 aliphatic carbocycles. The van der Waals surface area contributed by atoms with E-state index in [-0.39, 0.29) is 33.6 Å². The van der Waals surface area contributed by atoms with E-state index < -0.39 is 0 Å². The molecule has 1 aromatic heterocycles. The largest absolute Gasteiger partial charge is 0.508 e. The highest BCUT2D eigenvalue weighted by atomic mass is 16.5. The number of fused-ring (bicyclic) bond motifs is 1.